The van der Waals surface area contributed by atoms with E-state index >= 15 is 0 Å². The third kappa shape index (κ3) is 10.1. The van der Waals surface area contributed by atoms with Crippen molar-refractivity contribution in [3.8, 4) is 0 Å². The van der Waals surface area contributed by atoms with Crippen molar-refractivity contribution in [2.45, 2.75) is 135 Å². The first-order valence-electron chi connectivity index (χ1n) is 13.2. The highest BCUT2D eigenvalue weighted by molar-refractivity contribution is 7.99. The molecule has 0 spiro atoms. The Hall–Kier alpha value is -2.30. The standard InChI is InChI=1S/C27H46N4O6S/c1-15(2)19-28-22(31-30-19)38-18(16-13-17(16)20(32)35-24(3,4)5)14-27(12,21(33)36-25(6,7)8)29-23(34)37-26(9,10)11/h15-18H,13-14H2,1-12H3,(H,29,34)(H,28,30,31)/t16-,17-,18-,27-/m1/s1. The van der Waals surface area contributed by atoms with E-state index in [0.29, 0.717) is 11.6 Å². The van der Waals surface area contributed by atoms with Gasteiger partial charge < -0.3 is 24.5 Å². The van der Waals surface area contributed by atoms with Crippen LogP contribution in [-0.4, -0.2) is 60.8 Å². The number of hydrogen-bond acceptors (Lipinski definition) is 9. The summed E-state index contributed by atoms with van der Waals surface area (Å²) in [5.41, 5.74) is -3.56. The average molecular weight is 555 g/mol. The van der Waals surface area contributed by atoms with Gasteiger partial charge in [-0.25, -0.2) is 9.59 Å². The van der Waals surface area contributed by atoms with Gasteiger partial charge in [-0.1, -0.05) is 25.6 Å². The van der Waals surface area contributed by atoms with E-state index in [4.69, 9.17) is 14.2 Å². The van der Waals surface area contributed by atoms with Crippen LogP contribution in [0.2, 0.25) is 0 Å². The fourth-order valence-corrected chi connectivity index (χ4v) is 5.21. The Morgan fingerprint density at radius 1 is 0.921 bits per heavy atom. The lowest BCUT2D eigenvalue weighted by molar-refractivity contribution is -0.162. The number of rotatable bonds is 9. The van der Waals surface area contributed by atoms with Crippen molar-refractivity contribution in [2.75, 3.05) is 0 Å². The van der Waals surface area contributed by atoms with Crippen LogP contribution in [0.25, 0.3) is 0 Å². The number of thioether (sulfide) groups is 1. The van der Waals surface area contributed by atoms with Crippen LogP contribution in [0.15, 0.2) is 5.16 Å². The number of carbonyl (C=O) groups is 3. The van der Waals surface area contributed by atoms with Crippen LogP contribution >= 0.6 is 11.8 Å². The zero-order valence-electron chi connectivity index (χ0n) is 25.0. The van der Waals surface area contributed by atoms with Gasteiger partial charge in [0.15, 0.2) is 5.16 Å². The highest BCUT2D eigenvalue weighted by Crippen LogP contribution is 2.50. The van der Waals surface area contributed by atoms with E-state index in [0.717, 1.165) is 5.82 Å². The molecule has 0 aromatic carbocycles. The van der Waals surface area contributed by atoms with Gasteiger partial charge in [-0.2, -0.15) is 0 Å². The van der Waals surface area contributed by atoms with Crippen molar-refractivity contribution in [1.29, 1.82) is 0 Å². The molecule has 2 rings (SSSR count). The number of aromatic nitrogens is 3. The summed E-state index contributed by atoms with van der Waals surface area (Å²) in [4.78, 5) is 42.4. The van der Waals surface area contributed by atoms with E-state index in [9.17, 15) is 14.4 Å². The van der Waals surface area contributed by atoms with Crippen LogP contribution in [-0.2, 0) is 23.8 Å². The predicted molar refractivity (Wildman–Crippen MR) is 146 cm³/mol. The Balaban J connectivity index is 2.38. The summed E-state index contributed by atoms with van der Waals surface area (Å²) >= 11 is 1.40. The van der Waals surface area contributed by atoms with E-state index in [1.165, 1.54) is 11.8 Å². The third-order valence-corrected chi connectivity index (χ3v) is 6.78. The maximum atomic E-state index is 13.5. The quantitative estimate of drug-likeness (QED) is 0.234. The molecule has 1 amide bonds. The topological polar surface area (TPSA) is 133 Å². The molecule has 0 aliphatic heterocycles. The van der Waals surface area contributed by atoms with Crippen LogP contribution < -0.4 is 5.32 Å². The summed E-state index contributed by atoms with van der Waals surface area (Å²) in [7, 11) is 0. The van der Waals surface area contributed by atoms with Gasteiger partial charge in [0.25, 0.3) is 0 Å². The molecular weight excluding hydrogens is 508 g/mol. The van der Waals surface area contributed by atoms with Crippen molar-refractivity contribution in [3.05, 3.63) is 5.82 Å². The predicted octanol–water partition coefficient (Wildman–Crippen LogP) is 5.38. The number of nitrogens with zero attached hydrogens (tertiary/aromatic N) is 2. The largest absolute Gasteiger partial charge is 0.460 e. The molecule has 1 aromatic rings. The van der Waals surface area contributed by atoms with Gasteiger partial charge in [0.2, 0.25) is 0 Å². The van der Waals surface area contributed by atoms with Gasteiger partial charge in [-0.3, -0.25) is 4.79 Å². The molecule has 0 bridgehead atoms. The molecule has 0 radical (unpaired) electrons. The van der Waals surface area contributed by atoms with E-state index in [-0.39, 0.29) is 35.4 Å². The third-order valence-electron chi connectivity index (χ3n) is 5.56. The molecule has 1 saturated carbocycles. The normalized spacial score (nSPS) is 20.3. The van der Waals surface area contributed by atoms with Crippen LogP contribution in [0.4, 0.5) is 4.79 Å². The summed E-state index contributed by atoms with van der Waals surface area (Å²) in [5.74, 6) is -0.364. The Morgan fingerprint density at radius 3 is 1.95 bits per heavy atom. The summed E-state index contributed by atoms with van der Waals surface area (Å²) < 4.78 is 16.8. The number of nitrogens with one attached hydrogen (secondary N) is 2. The van der Waals surface area contributed by atoms with Crippen molar-refractivity contribution in [2.24, 2.45) is 11.8 Å². The highest BCUT2D eigenvalue weighted by Gasteiger charge is 2.53. The van der Waals surface area contributed by atoms with Gasteiger partial charge in [0.1, 0.15) is 28.2 Å². The number of ether oxygens (including phenoxy) is 3. The smallest absolute Gasteiger partial charge is 0.408 e. The molecule has 0 unspecified atom stereocenters. The van der Waals surface area contributed by atoms with Gasteiger partial charge >= 0.3 is 18.0 Å². The number of aromatic amines is 1. The number of alkyl carbamates (subject to hydrolysis) is 1. The van der Waals surface area contributed by atoms with Gasteiger partial charge in [0, 0.05) is 11.2 Å². The molecule has 11 heteroatoms. The van der Waals surface area contributed by atoms with Gasteiger partial charge in [0.05, 0.1) is 5.92 Å². The zero-order chi connectivity index (χ0) is 29.3. The Morgan fingerprint density at radius 2 is 1.47 bits per heavy atom. The van der Waals surface area contributed by atoms with Gasteiger partial charge in [-0.05, 0) is 88.0 Å². The second-order valence-corrected chi connectivity index (χ2v) is 14.8. The minimum Gasteiger partial charge on any atom is -0.460 e. The number of carbonyl (C=O) groups excluding carboxylic acids is 3. The van der Waals surface area contributed by atoms with E-state index in [1.807, 2.05) is 34.6 Å². The fraction of sp³-hybridized carbons (Fsp3) is 0.815. The Kier molecular flexibility index (Phi) is 9.61. The molecule has 1 fully saturated rings. The van der Waals surface area contributed by atoms with Gasteiger partial charge in [-0.15, -0.1) is 10.2 Å². The monoisotopic (exact) mass is 554 g/mol. The molecule has 1 heterocycles. The number of amides is 1. The minimum atomic E-state index is -1.44. The average Bonchev–Trinajstić information content (AvgIpc) is 3.34. The fourth-order valence-electron chi connectivity index (χ4n) is 3.78. The highest BCUT2D eigenvalue weighted by atomic mass is 32.2. The zero-order valence-corrected chi connectivity index (χ0v) is 25.8. The summed E-state index contributed by atoms with van der Waals surface area (Å²) in [6.45, 7) is 21.7. The minimum absolute atomic E-state index is 0.0929. The Bertz CT molecular complexity index is 1000. The van der Waals surface area contributed by atoms with Crippen molar-refractivity contribution >= 4 is 29.8 Å². The molecule has 38 heavy (non-hydrogen) atoms. The SMILES string of the molecule is CC(C)c1nnc(S[C@H](C[C@@](C)(NC(=O)OC(C)(C)C)C(=O)OC(C)(C)C)[C@@H]2C[C@H]2C(=O)OC(C)(C)C)[nH]1. The molecule has 10 nitrogen and oxygen atoms in total. The van der Waals surface area contributed by atoms with E-state index in [1.54, 1.807) is 48.5 Å². The molecule has 216 valence electrons. The summed E-state index contributed by atoms with van der Waals surface area (Å²) in [5, 5.41) is 11.6. The van der Waals surface area contributed by atoms with Crippen molar-refractivity contribution in [1.82, 2.24) is 20.5 Å². The lowest BCUT2D eigenvalue weighted by atomic mass is 9.93. The molecule has 1 aromatic heterocycles. The van der Waals surface area contributed by atoms with Crippen molar-refractivity contribution in [3.63, 3.8) is 0 Å². The lowest BCUT2D eigenvalue weighted by Gasteiger charge is -2.35. The number of hydrogen-bond donors (Lipinski definition) is 2. The Labute approximate surface area is 231 Å². The van der Waals surface area contributed by atoms with Crippen LogP contribution in [0.3, 0.4) is 0 Å². The molecule has 0 saturated heterocycles. The van der Waals surface area contributed by atoms with Crippen molar-refractivity contribution < 1.29 is 28.6 Å². The van der Waals surface area contributed by atoms with E-state index in [2.05, 4.69) is 20.5 Å². The maximum Gasteiger partial charge on any atom is 0.408 e. The van der Waals surface area contributed by atoms with Crippen LogP contribution in [0.1, 0.15) is 108 Å². The summed E-state index contributed by atoms with van der Waals surface area (Å²) in [6.07, 6.45) is 0.0538. The number of esters is 2. The second-order valence-electron chi connectivity index (χ2n) is 13.5. The molecule has 1 aliphatic carbocycles. The summed E-state index contributed by atoms with van der Waals surface area (Å²) in [6, 6.07) is 0. The molecule has 4 atom stereocenters. The first-order valence-corrected chi connectivity index (χ1v) is 14.0. The van der Waals surface area contributed by atoms with Crippen LogP contribution in [0, 0.1) is 11.8 Å². The number of H-pyrrole nitrogens is 1. The molecule has 1 aliphatic rings. The first kappa shape index (κ1) is 31.9. The second kappa shape index (κ2) is 11.4. The maximum absolute atomic E-state index is 13.5. The van der Waals surface area contributed by atoms with E-state index < -0.39 is 34.4 Å². The first-order chi connectivity index (χ1) is 17.1. The lowest BCUT2D eigenvalue weighted by Crippen LogP contribution is -2.56. The van der Waals surface area contributed by atoms with Crippen LogP contribution in [0.5, 0.6) is 0 Å². The molecule has 2 N–H and O–H groups in total. The molecular formula is C27H46N4O6S.